The molecule has 0 atom stereocenters. The number of rotatable bonds is 2. The Balaban J connectivity index is 2.23. The van der Waals surface area contributed by atoms with E-state index in [4.69, 9.17) is 0 Å². The van der Waals surface area contributed by atoms with Crippen molar-refractivity contribution >= 4 is 23.2 Å². The van der Waals surface area contributed by atoms with E-state index in [1.54, 1.807) is 12.1 Å². The quantitative estimate of drug-likeness (QED) is 0.800. The molecule has 1 heterocycles. The molecule has 3 nitrogen and oxygen atoms in total. The maximum absolute atomic E-state index is 11.2. The largest absolute Gasteiger partial charge is 0.507 e. The first-order valence-corrected chi connectivity index (χ1v) is 6.50. The van der Waals surface area contributed by atoms with Gasteiger partial charge in [0, 0.05) is 36.3 Å². The zero-order valence-electron chi connectivity index (χ0n) is 9.27. The van der Waals surface area contributed by atoms with Crippen molar-refractivity contribution in [1.29, 1.82) is 0 Å². The topological polar surface area (TPSA) is 40.5 Å². The lowest BCUT2D eigenvalue weighted by Crippen LogP contribution is -2.32. The van der Waals surface area contributed by atoms with E-state index >= 15 is 0 Å². The van der Waals surface area contributed by atoms with Gasteiger partial charge in [0.25, 0.3) is 0 Å². The molecule has 0 bridgehead atoms. The highest BCUT2D eigenvalue weighted by atomic mass is 32.2. The molecule has 1 fully saturated rings. The molecule has 1 aliphatic heterocycles. The van der Waals surface area contributed by atoms with Crippen LogP contribution in [0.4, 0.5) is 5.69 Å². The molecule has 0 unspecified atom stereocenters. The summed E-state index contributed by atoms with van der Waals surface area (Å²) >= 11 is 1.95. The van der Waals surface area contributed by atoms with E-state index in [0.717, 1.165) is 30.3 Å². The number of thioether (sulfide) groups is 1. The minimum atomic E-state index is -0.0988. The molecule has 1 N–H and O–H groups in total. The summed E-state index contributed by atoms with van der Waals surface area (Å²) in [5.74, 6) is 2.23. The number of Topliss-reactive ketones (excluding diaryl/α,β-unsaturated/α-hetero) is 1. The number of carbonyl (C=O) groups is 1. The Kier molecular flexibility index (Phi) is 3.39. The Bertz CT molecular complexity index is 400. The summed E-state index contributed by atoms with van der Waals surface area (Å²) < 4.78 is 0. The van der Waals surface area contributed by atoms with Crippen molar-refractivity contribution in [1.82, 2.24) is 0 Å². The fourth-order valence-electron chi connectivity index (χ4n) is 1.84. The third-order valence-electron chi connectivity index (χ3n) is 2.74. The van der Waals surface area contributed by atoms with E-state index in [-0.39, 0.29) is 11.5 Å². The van der Waals surface area contributed by atoms with Crippen molar-refractivity contribution in [3.8, 4) is 5.75 Å². The fourth-order valence-corrected chi connectivity index (χ4v) is 2.74. The van der Waals surface area contributed by atoms with Crippen LogP contribution in [0, 0.1) is 0 Å². The van der Waals surface area contributed by atoms with Gasteiger partial charge in [-0.2, -0.15) is 11.8 Å². The Morgan fingerprint density at radius 1 is 1.38 bits per heavy atom. The van der Waals surface area contributed by atoms with Crippen LogP contribution < -0.4 is 4.90 Å². The lowest BCUT2D eigenvalue weighted by atomic mass is 10.1. The molecule has 0 spiro atoms. The molecule has 16 heavy (non-hydrogen) atoms. The third kappa shape index (κ3) is 2.32. The highest BCUT2D eigenvalue weighted by Crippen LogP contribution is 2.26. The summed E-state index contributed by atoms with van der Waals surface area (Å²) in [4.78, 5) is 13.4. The Morgan fingerprint density at radius 2 is 2.06 bits per heavy atom. The van der Waals surface area contributed by atoms with Crippen LogP contribution in [0.5, 0.6) is 5.75 Å². The average Bonchev–Trinajstić information content (AvgIpc) is 2.29. The summed E-state index contributed by atoms with van der Waals surface area (Å²) in [6.45, 7) is 3.47. The molecule has 2 rings (SSSR count). The van der Waals surface area contributed by atoms with Crippen LogP contribution in [0.25, 0.3) is 0 Å². The van der Waals surface area contributed by atoms with Crippen LogP contribution in [0.3, 0.4) is 0 Å². The number of aromatic hydroxyl groups is 1. The van der Waals surface area contributed by atoms with Gasteiger partial charge in [-0.25, -0.2) is 0 Å². The molecule has 1 aromatic carbocycles. The number of phenolic OH excluding ortho intramolecular Hbond substituents is 1. The van der Waals surface area contributed by atoms with Crippen molar-refractivity contribution < 1.29 is 9.90 Å². The number of nitrogens with zero attached hydrogens (tertiary/aromatic N) is 1. The minimum Gasteiger partial charge on any atom is -0.507 e. The number of carbonyl (C=O) groups excluding carboxylic acids is 1. The molecule has 1 aromatic rings. The average molecular weight is 237 g/mol. The predicted octanol–water partition coefficient (Wildman–Crippen LogP) is 2.15. The molecule has 0 aromatic heterocycles. The summed E-state index contributed by atoms with van der Waals surface area (Å²) in [5.41, 5.74) is 1.40. The molecule has 0 amide bonds. The van der Waals surface area contributed by atoms with Crippen molar-refractivity contribution in [3.05, 3.63) is 23.8 Å². The van der Waals surface area contributed by atoms with Crippen LogP contribution in [-0.4, -0.2) is 35.5 Å². The zero-order valence-corrected chi connectivity index (χ0v) is 10.1. The molecule has 86 valence electrons. The number of anilines is 1. The van der Waals surface area contributed by atoms with Gasteiger partial charge in [0.2, 0.25) is 0 Å². The minimum absolute atomic E-state index is 0.0863. The lowest BCUT2D eigenvalue weighted by Gasteiger charge is -2.28. The first-order valence-electron chi connectivity index (χ1n) is 5.35. The van der Waals surface area contributed by atoms with E-state index in [0.29, 0.717) is 5.56 Å². The first-order chi connectivity index (χ1) is 7.68. The summed E-state index contributed by atoms with van der Waals surface area (Å²) in [7, 11) is 0. The van der Waals surface area contributed by atoms with E-state index in [9.17, 15) is 9.90 Å². The normalized spacial score (nSPS) is 16.2. The molecule has 1 aliphatic rings. The van der Waals surface area contributed by atoms with Gasteiger partial charge in [-0.3, -0.25) is 4.79 Å². The van der Waals surface area contributed by atoms with E-state index in [2.05, 4.69) is 4.90 Å². The van der Waals surface area contributed by atoms with Gasteiger partial charge in [0.15, 0.2) is 5.78 Å². The zero-order chi connectivity index (χ0) is 11.5. The second kappa shape index (κ2) is 4.78. The van der Waals surface area contributed by atoms with Crippen molar-refractivity contribution in [3.63, 3.8) is 0 Å². The second-order valence-corrected chi connectivity index (χ2v) is 5.08. The maximum Gasteiger partial charge on any atom is 0.163 e. The van der Waals surface area contributed by atoms with Crippen molar-refractivity contribution in [2.45, 2.75) is 6.92 Å². The summed E-state index contributed by atoms with van der Waals surface area (Å²) in [5, 5.41) is 9.74. The molecule has 0 radical (unpaired) electrons. The Labute approximate surface area is 99.5 Å². The van der Waals surface area contributed by atoms with E-state index < -0.39 is 0 Å². The highest BCUT2D eigenvalue weighted by Gasteiger charge is 2.13. The van der Waals surface area contributed by atoms with Gasteiger partial charge in [-0.15, -0.1) is 0 Å². The smallest absolute Gasteiger partial charge is 0.163 e. The van der Waals surface area contributed by atoms with Gasteiger partial charge in [0.1, 0.15) is 5.75 Å². The molecule has 4 heteroatoms. The van der Waals surface area contributed by atoms with Gasteiger partial charge in [0.05, 0.1) is 5.56 Å². The number of hydrogen-bond donors (Lipinski definition) is 1. The van der Waals surface area contributed by atoms with Crippen LogP contribution >= 0.6 is 11.8 Å². The Hall–Kier alpha value is -1.16. The first kappa shape index (κ1) is 11.3. The van der Waals surface area contributed by atoms with Crippen molar-refractivity contribution in [2.24, 2.45) is 0 Å². The van der Waals surface area contributed by atoms with Crippen LogP contribution in [0.15, 0.2) is 18.2 Å². The molecular weight excluding hydrogens is 222 g/mol. The number of benzene rings is 1. The maximum atomic E-state index is 11.2. The number of ketones is 1. The lowest BCUT2D eigenvalue weighted by molar-refractivity contribution is 0.101. The summed E-state index contributed by atoms with van der Waals surface area (Å²) in [6, 6.07) is 5.30. The van der Waals surface area contributed by atoms with Crippen LogP contribution in [0.1, 0.15) is 17.3 Å². The Morgan fingerprint density at radius 3 is 2.62 bits per heavy atom. The van der Waals surface area contributed by atoms with E-state index in [1.807, 2.05) is 17.8 Å². The van der Waals surface area contributed by atoms with Gasteiger partial charge >= 0.3 is 0 Å². The number of phenols is 1. The van der Waals surface area contributed by atoms with Gasteiger partial charge in [-0.05, 0) is 19.1 Å². The van der Waals surface area contributed by atoms with Gasteiger partial charge < -0.3 is 10.0 Å². The molecule has 0 saturated carbocycles. The van der Waals surface area contributed by atoms with Crippen LogP contribution in [0.2, 0.25) is 0 Å². The van der Waals surface area contributed by atoms with Crippen LogP contribution in [-0.2, 0) is 0 Å². The molecule has 0 aliphatic carbocycles. The second-order valence-electron chi connectivity index (χ2n) is 3.86. The predicted molar refractivity (Wildman–Crippen MR) is 67.6 cm³/mol. The molecule has 1 saturated heterocycles. The monoisotopic (exact) mass is 237 g/mol. The number of hydrogen-bond acceptors (Lipinski definition) is 4. The SMILES string of the molecule is CC(=O)c1ccc(N2CCSCC2)cc1O. The fraction of sp³-hybridized carbons (Fsp3) is 0.417. The standard InChI is InChI=1S/C12H15NO2S/c1-9(14)11-3-2-10(8-12(11)15)13-4-6-16-7-5-13/h2-3,8,15H,4-7H2,1H3. The highest BCUT2D eigenvalue weighted by molar-refractivity contribution is 7.99. The third-order valence-corrected chi connectivity index (χ3v) is 3.68. The van der Waals surface area contributed by atoms with Gasteiger partial charge in [-0.1, -0.05) is 0 Å². The summed E-state index contributed by atoms with van der Waals surface area (Å²) in [6.07, 6.45) is 0. The van der Waals surface area contributed by atoms with E-state index in [1.165, 1.54) is 6.92 Å². The van der Waals surface area contributed by atoms with Crippen molar-refractivity contribution in [2.75, 3.05) is 29.5 Å². The molecular formula is C12H15NO2S.